The molecule has 0 amide bonds. The number of rotatable bonds is 4. The molecule has 5 heteroatoms. The maximum absolute atomic E-state index is 12.3. The van der Waals surface area contributed by atoms with Crippen molar-refractivity contribution in [2.45, 2.75) is 50.0 Å². The maximum atomic E-state index is 12.3. The van der Waals surface area contributed by atoms with Crippen LogP contribution in [0.2, 0.25) is 0 Å². The van der Waals surface area contributed by atoms with Crippen LogP contribution < -0.4 is 10.5 Å². The molecule has 1 saturated carbocycles. The first-order valence-electron chi connectivity index (χ1n) is 6.89. The third-order valence-electron chi connectivity index (χ3n) is 3.85. The molecule has 106 valence electrons. The van der Waals surface area contributed by atoms with Crippen LogP contribution in [0.4, 0.5) is 5.69 Å². The molecule has 0 aliphatic heterocycles. The molecule has 2 rings (SSSR count). The molecule has 1 aromatic carbocycles. The van der Waals surface area contributed by atoms with Crippen LogP contribution in [-0.2, 0) is 10.0 Å². The second-order valence-electron chi connectivity index (χ2n) is 5.33. The highest BCUT2D eigenvalue weighted by Crippen LogP contribution is 2.27. The fourth-order valence-electron chi connectivity index (χ4n) is 2.74. The summed E-state index contributed by atoms with van der Waals surface area (Å²) in [6.07, 6.45) is 5.31. The minimum atomic E-state index is -3.44. The molecule has 0 bridgehead atoms. The van der Waals surface area contributed by atoms with Crippen LogP contribution in [0.25, 0.3) is 0 Å². The normalized spacial score (nSPS) is 24.3. The van der Waals surface area contributed by atoms with Crippen LogP contribution in [0, 0.1) is 5.92 Å². The molecule has 0 saturated heterocycles. The van der Waals surface area contributed by atoms with E-state index >= 15 is 0 Å². The molecule has 1 aliphatic carbocycles. The van der Waals surface area contributed by atoms with Crippen LogP contribution in [0.5, 0.6) is 0 Å². The molecule has 4 nitrogen and oxygen atoms in total. The number of hydrogen-bond acceptors (Lipinski definition) is 3. The number of nitrogens with one attached hydrogen (secondary N) is 1. The highest BCUT2D eigenvalue weighted by molar-refractivity contribution is 7.89. The van der Waals surface area contributed by atoms with Crippen LogP contribution >= 0.6 is 0 Å². The topological polar surface area (TPSA) is 72.2 Å². The highest BCUT2D eigenvalue weighted by atomic mass is 32.2. The third-order valence-corrected chi connectivity index (χ3v) is 5.37. The molecule has 2 atom stereocenters. The SMILES string of the molecule is CCC1CCCC(NS(=O)(=O)c2cccc(N)c2)C1. The molecule has 0 radical (unpaired) electrons. The number of nitrogen functional groups attached to an aromatic ring is 1. The predicted octanol–water partition coefficient (Wildman–Crippen LogP) is 2.52. The first kappa shape index (κ1) is 14.3. The lowest BCUT2D eigenvalue weighted by atomic mass is 9.85. The summed E-state index contributed by atoms with van der Waals surface area (Å²) in [5.41, 5.74) is 6.11. The second-order valence-corrected chi connectivity index (χ2v) is 7.05. The minimum absolute atomic E-state index is 0.0603. The number of anilines is 1. The standard InChI is InChI=1S/C14H22N2O2S/c1-2-11-5-3-7-13(9-11)16-19(17,18)14-8-4-6-12(15)10-14/h4,6,8,10-11,13,16H,2-3,5,7,9,15H2,1H3. The lowest BCUT2D eigenvalue weighted by Crippen LogP contribution is -2.38. The first-order chi connectivity index (χ1) is 9.01. The quantitative estimate of drug-likeness (QED) is 0.833. The largest absolute Gasteiger partial charge is 0.399 e. The zero-order valence-corrected chi connectivity index (χ0v) is 12.1. The Morgan fingerprint density at radius 2 is 2.16 bits per heavy atom. The van der Waals surface area contributed by atoms with Gasteiger partial charge in [-0.3, -0.25) is 0 Å². The van der Waals surface area contributed by atoms with Gasteiger partial charge in [-0.2, -0.15) is 0 Å². The van der Waals surface area contributed by atoms with Gasteiger partial charge in [-0.05, 0) is 37.0 Å². The summed E-state index contributed by atoms with van der Waals surface area (Å²) >= 11 is 0. The molecule has 3 N–H and O–H groups in total. The molecule has 1 aliphatic rings. The van der Waals surface area contributed by atoms with E-state index in [4.69, 9.17) is 5.73 Å². The Hall–Kier alpha value is -1.07. The van der Waals surface area contributed by atoms with Crippen molar-refractivity contribution in [3.63, 3.8) is 0 Å². The van der Waals surface area contributed by atoms with Gasteiger partial charge in [0.2, 0.25) is 10.0 Å². The van der Waals surface area contributed by atoms with Crippen molar-refractivity contribution < 1.29 is 8.42 Å². The molecule has 1 fully saturated rings. The van der Waals surface area contributed by atoms with Gasteiger partial charge in [-0.15, -0.1) is 0 Å². The van der Waals surface area contributed by atoms with E-state index in [1.807, 2.05) is 0 Å². The van der Waals surface area contributed by atoms with Crippen molar-refractivity contribution >= 4 is 15.7 Å². The van der Waals surface area contributed by atoms with E-state index < -0.39 is 10.0 Å². The lowest BCUT2D eigenvalue weighted by molar-refractivity contribution is 0.301. The summed E-state index contributed by atoms with van der Waals surface area (Å²) in [4.78, 5) is 0.256. The van der Waals surface area contributed by atoms with Gasteiger partial charge in [0.25, 0.3) is 0 Å². The Morgan fingerprint density at radius 3 is 2.84 bits per heavy atom. The van der Waals surface area contributed by atoms with E-state index in [1.165, 1.54) is 12.5 Å². The van der Waals surface area contributed by atoms with Gasteiger partial charge >= 0.3 is 0 Å². The minimum Gasteiger partial charge on any atom is -0.399 e. The smallest absolute Gasteiger partial charge is 0.240 e. The van der Waals surface area contributed by atoms with Gasteiger partial charge in [0.15, 0.2) is 0 Å². The van der Waals surface area contributed by atoms with Gasteiger partial charge in [0.1, 0.15) is 0 Å². The third kappa shape index (κ3) is 3.70. The van der Waals surface area contributed by atoms with Crippen molar-refractivity contribution in [2.24, 2.45) is 5.92 Å². The Labute approximate surface area is 115 Å². The fraction of sp³-hybridized carbons (Fsp3) is 0.571. The molecule has 0 heterocycles. The molecule has 0 aromatic heterocycles. The van der Waals surface area contributed by atoms with Gasteiger partial charge in [-0.1, -0.05) is 32.3 Å². The Balaban J connectivity index is 2.09. The molecule has 2 unspecified atom stereocenters. The van der Waals surface area contributed by atoms with Crippen molar-refractivity contribution in [3.8, 4) is 0 Å². The Bertz CT molecular complexity index is 528. The van der Waals surface area contributed by atoms with Crippen molar-refractivity contribution in [1.82, 2.24) is 4.72 Å². The number of benzene rings is 1. The summed E-state index contributed by atoms with van der Waals surface area (Å²) < 4.78 is 27.4. The zero-order valence-electron chi connectivity index (χ0n) is 11.3. The van der Waals surface area contributed by atoms with E-state index in [0.717, 1.165) is 25.7 Å². The van der Waals surface area contributed by atoms with Crippen LogP contribution in [0.3, 0.4) is 0 Å². The van der Waals surface area contributed by atoms with Crippen LogP contribution in [0.15, 0.2) is 29.2 Å². The fourth-order valence-corrected chi connectivity index (χ4v) is 4.08. The van der Waals surface area contributed by atoms with E-state index in [0.29, 0.717) is 11.6 Å². The first-order valence-corrected chi connectivity index (χ1v) is 8.37. The predicted molar refractivity (Wildman–Crippen MR) is 77.2 cm³/mol. The summed E-state index contributed by atoms with van der Waals surface area (Å²) in [6, 6.07) is 6.50. The van der Waals surface area contributed by atoms with E-state index in [2.05, 4.69) is 11.6 Å². The second kappa shape index (κ2) is 5.92. The molecule has 19 heavy (non-hydrogen) atoms. The zero-order chi connectivity index (χ0) is 13.9. The van der Waals surface area contributed by atoms with Gasteiger partial charge in [-0.25, -0.2) is 13.1 Å². The number of nitrogens with two attached hydrogens (primary N) is 1. The van der Waals surface area contributed by atoms with Gasteiger partial charge in [0, 0.05) is 11.7 Å². The molecule has 0 spiro atoms. The Morgan fingerprint density at radius 1 is 1.37 bits per heavy atom. The van der Waals surface area contributed by atoms with Crippen molar-refractivity contribution in [2.75, 3.05) is 5.73 Å². The van der Waals surface area contributed by atoms with Crippen molar-refractivity contribution in [3.05, 3.63) is 24.3 Å². The summed E-state index contributed by atoms with van der Waals surface area (Å²) in [5.74, 6) is 0.641. The van der Waals surface area contributed by atoms with Crippen LogP contribution in [-0.4, -0.2) is 14.5 Å². The van der Waals surface area contributed by atoms with E-state index in [9.17, 15) is 8.42 Å². The van der Waals surface area contributed by atoms with Gasteiger partial charge in [0.05, 0.1) is 4.90 Å². The van der Waals surface area contributed by atoms with Gasteiger partial charge < -0.3 is 5.73 Å². The average molecular weight is 282 g/mol. The number of sulfonamides is 1. The average Bonchev–Trinajstić information content (AvgIpc) is 2.38. The van der Waals surface area contributed by atoms with Crippen LogP contribution in [0.1, 0.15) is 39.0 Å². The molecular formula is C14H22N2O2S. The maximum Gasteiger partial charge on any atom is 0.240 e. The van der Waals surface area contributed by atoms with Crippen molar-refractivity contribution in [1.29, 1.82) is 0 Å². The van der Waals surface area contributed by atoms with E-state index in [1.54, 1.807) is 18.2 Å². The lowest BCUT2D eigenvalue weighted by Gasteiger charge is -2.28. The van der Waals surface area contributed by atoms with E-state index in [-0.39, 0.29) is 10.9 Å². The summed E-state index contributed by atoms with van der Waals surface area (Å²) in [7, 11) is -3.44. The Kier molecular flexibility index (Phi) is 4.47. The monoisotopic (exact) mass is 282 g/mol. The highest BCUT2D eigenvalue weighted by Gasteiger charge is 2.25. The number of hydrogen-bond donors (Lipinski definition) is 2. The summed E-state index contributed by atoms with van der Waals surface area (Å²) in [5, 5.41) is 0. The molecular weight excluding hydrogens is 260 g/mol. The summed E-state index contributed by atoms with van der Waals surface area (Å²) in [6.45, 7) is 2.17. The molecule has 1 aromatic rings.